The van der Waals surface area contributed by atoms with E-state index in [1.807, 2.05) is 6.92 Å². The molecule has 1 N–H and O–H groups in total. The summed E-state index contributed by atoms with van der Waals surface area (Å²) in [6, 6.07) is 2.28. The molecule has 2 nitrogen and oxygen atoms in total. The zero-order valence-electron chi connectivity index (χ0n) is 10.2. The van der Waals surface area contributed by atoms with E-state index in [0.717, 1.165) is 13.0 Å². The van der Waals surface area contributed by atoms with Crippen molar-refractivity contribution in [3.05, 3.63) is 21.9 Å². The van der Waals surface area contributed by atoms with Gasteiger partial charge in [-0.15, -0.1) is 11.3 Å². The van der Waals surface area contributed by atoms with Crippen LogP contribution in [0.2, 0.25) is 0 Å². The molecule has 0 aliphatic heterocycles. The van der Waals surface area contributed by atoms with Gasteiger partial charge in [0.15, 0.2) is 0 Å². The molecule has 1 unspecified atom stereocenters. The molecule has 0 fully saturated rings. The SMILES string of the molecule is CCNC(CCOCC(F)F)c1ccsc1C. The Morgan fingerprint density at radius 2 is 2.24 bits per heavy atom. The van der Waals surface area contributed by atoms with Gasteiger partial charge in [0, 0.05) is 17.5 Å². The third kappa shape index (κ3) is 5.10. The predicted octanol–water partition coefficient (Wildman–Crippen LogP) is 3.38. The summed E-state index contributed by atoms with van der Waals surface area (Å²) in [5.41, 5.74) is 1.25. The molecule has 1 rings (SSSR count). The Bertz CT molecular complexity index is 317. The summed E-state index contributed by atoms with van der Waals surface area (Å²) in [6.45, 7) is 4.85. The van der Waals surface area contributed by atoms with Crippen LogP contribution in [0.5, 0.6) is 0 Å². The third-order valence-electron chi connectivity index (χ3n) is 2.52. The van der Waals surface area contributed by atoms with Crippen LogP contribution in [-0.2, 0) is 4.74 Å². The standard InChI is InChI=1S/C12H19F2NOS/c1-3-15-11(4-6-16-8-12(13)14)10-5-7-17-9(10)2/h5,7,11-12,15H,3-4,6,8H2,1-2H3. The second-order valence-corrected chi connectivity index (χ2v) is 4.92. The minimum atomic E-state index is -2.38. The van der Waals surface area contributed by atoms with Crippen LogP contribution in [0.4, 0.5) is 8.78 Å². The van der Waals surface area contributed by atoms with Crippen molar-refractivity contribution in [2.45, 2.75) is 32.7 Å². The fraction of sp³-hybridized carbons (Fsp3) is 0.667. The van der Waals surface area contributed by atoms with E-state index >= 15 is 0 Å². The van der Waals surface area contributed by atoms with Crippen molar-refractivity contribution in [3.63, 3.8) is 0 Å². The summed E-state index contributed by atoms with van der Waals surface area (Å²) in [4.78, 5) is 1.27. The lowest BCUT2D eigenvalue weighted by atomic mass is 10.1. The highest BCUT2D eigenvalue weighted by molar-refractivity contribution is 7.10. The monoisotopic (exact) mass is 263 g/mol. The number of nitrogens with one attached hydrogen (secondary N) is 1. The van der Waals surface area contributed by atoms with Crippen LogP contribution in [-0.4, -0.2) is 26.2 Å². The molecular weight excluding hydrogens is 244 g/mol. The summed E-state index contributed by atoms with van der Waals surface area (Å²) in [5, 5.41) is 5.40. The second-order valence-electron chi connectivity index (χ2n) is 3.80. The van der Waals surface area contributed by atoms with Crippen molar-refractivity contribution in [2.75, 3.05) is 19.8 Å². The van der Waals surface area contributed by atoms with E-state index in [2.05, 4.69) is 23.7 Å². The zero-order chi connectivity index (χ0) is 12.7. The molecule has 0 saturated carbocycles. The predicted molar refractivity (Wildman–Crippen MR) is 66.9 cm³/mol. The van der Waals surface area contributed by atoms with Crippen molar-refractivity contribution < 1.29 is 13.5 Å². The van der Waals surface area contributed by atoms with E-state index in [4.69, 9.17) is 4.74 Å². The maximum absolute atomic E-state index is 11.9. The first-order valence-corrected chi connectivity index (χ1v) is 6.66. The summed E-state index contributed by atoms with van der Waals surface area (Å²) in [5.74, 6) is 0. The minimum Gasteiger partial charge on any atom is -0.375 e. The fourth-order valence-electron chi connectivity index (χ4n) is 1.74. The summed E-state index contributed by atoms with van der Waals surface area (Å²) in [6.07, 6.45) is -1.66. The fourth-order valence-corrected chi connectivity index (χ4v) is 2.51. The van der Waals surface area contributed by atoms with Gasteiger partial charge in [0.05, 0.1) is 0 Å². The Kier molecular flexibility index (Phi) is 6.62. The topological polar surface area (TPSA) is 21.3 Å². The van der Waals surface area contributed by atoms with Crippen LogP contribution < -0.4 is 5.32 Å². The Morgan fingerprint density at radius 3 is 2.76 bits per heavy atom. The van der Waals surface area contributed by atoms with Crippen molar-refractivity contribution in [1.29, 1.82) is 0 Å². The lowest BCUT2D eigenvalue weighted by Crippen LogP contribution is -2.23. The molecule has 0 aliphatic rings. The van der Waals surface area contributed by atoms with Crippen molar-refractivity contribution in [3.8, 4) is 0 Å². The lowest BCUT2D eigenvalue weighted by Gasteiger charge is -2.18. The number of thiophene rings is 1. The number of rotatable bonds is 8. The lowest BCUT2D eigenvalue weighted by molar-refractivity contribution is 0.0144. The molecular formula is C12H19F2NOS. The first-order chi connectivity index (χ1) is 8.15. The van der Waals surface area contributed by atoms with Crippen LogP contribution in [0.1, 0.15) is 29.8 Å². The molecule has 17 heavy (non-hydrogen) atoms. The van der Waals surface area contributed by atoms with E-state index < -0.39 is 13.0 Å². The molecule has 1 aromatic heterocycles. The number of halogens is 2. The van der Waals surface area contributed by atoms with Gasteiger partial charge in [0.25, 0.3) is 6.43 Å². The maximum Gasteiger partial charge on any atom is 0.261 e. The van der Waals surface area contributed by atoms with Gasteiger partial charge in [-0.2, -0.15) is 0 Å². The molecule has 1 heterocycles. The Balaban J connectivity index is 2.41. The molecule has 1 atom stereocenters. The van der Waals surface area contributed by atoms with Gasteiger partial charge >= 0.3 is 0 Å². The van der Waals surface area contributed by atoms with Gasteiger partial charge in [-0.3, -0.25) is 0 Å². The molecule has 0 aromatic carbocycles. The van der Waals surface area contributed by atoms with Crippen LogP contribution >= 0.6 is 11.3 Å². The van der Waals surface area contributed by atoms with E-state index in [9.17, 15) is 8.78 Å². The van der Waals surface area contributed by atoms with Gasteiger partial charge in [-0.05, 0) is 36.9 Å². The van der Waals surface area contributed by atoms with E-state index in [0.29, 0.717) is 6.61 Å². The average Bonchev–Trinajstić information content (AvgIpc) is 2.69. The Hall–Kier alpha value is -0.520. The quantitative estimate of drug-likeness (QED) is 0.726. The number of ether oxygens (including phenoxy) is 1. The zero-order valence-corrected chi connectivity index (χ0v) is 11.0. The summed E-state index contributed by atoms with van der Waals surface area (Å²) in [7, 11) is 0. The number of aryl methyl sites for hydroxylation is 1. The minimum absolute atomic E-state index is 0.198. The van der Waals surface area contributed by atoms with Crippen molar-refractivity contribution >= 4 is 11.3 Å². The smallest absolute Gasteiger partial charge is 0.261 e. The van der Waals surface area contributed by atoms with Crippen LogP contribution in [0.3, 0.4) is 0 Å². The highest BCUT2D eigenvalue weighted by Gasteiger charge is 2.13. The maximum atomic E-state index is 11.9. The highest BCUT2D eigenvalue weighted by Crippen LogP contribution is 2.24. The van der Waals surface area contributed by atoms with Crippen molar-refractivity contribution in [2.24, 2.45) is 0 Å². The number of hydrogen-bond acceptors (Lipinski definition) is 3. The first-order valence-electron chi connectivity index (χ1n) is 5.78. The molecule has 0 saturated heterocycles. The van der Waals surface area contributed by atoms with E-state index in [1.54, 1.807) is 11.3 Å². The number of alkyl halides is 2. The van der Waals surface area contributed by atoms with E-state index in [1.165, 1.54) is 10.4 Å². The Labute approximate surface area is 105 Å². The molecule has 98 valence electrons. The highest BCUT2D eigenvalue weighted by atomic mass is 32.1. The first kappa shape index (κ1) is 14.5. The molecule has 0 bridgehead atoms. The Morgan fingerprint density at radius 1 is 1.47 bits per heavy atom. The molecule has 0 radical (unpaired) electrons. The van der Waals surface area contributed by atoms with Crippen molar-refractivity contribution in [1.82, 2.24) is 5.32 Å². The number of hydrogen-bond donors (Lipinski definition) is 1. The van der Waals surface area contributed by atoms with Crippen LogP contribution in [0, 0.1) is 6.92 Å². The third-order valence-corrected chi connectivity index (χ3v) is 3.38. The van der Waals surface area contributed by atoms with Gasteiger partial charge in [-0.1, -0.05) is 6.92 Å². The van der Waals surface area contributed by atoms with Crippen LogP contribution in [0.25, 0.3) is 0 Å². The largest absolute Gasteiger partial charge is 0.375 e. The molecule has 1 aromatic rings. The summed E-state index contributed by atoms with van der Waals surface area (Å²) >= 11 is 1.70. The normalized spacial score (nSPS) is 13.2. The van der Waals surface area contributed by atoms with Crippen LogP contribution in [0.15, 0.2) is 11.4 Å². The molecule has 0 spiro atoms. The van der Waals surface area contributed by atoms with Gasteiger partial charge < -0.3 is 10.1 Å². The van der Waals surface area contributed by atoms with Gasteiger partial charge in [0.2, 0.25) is 0 Å². The molecule has 5 heteroatoms. The van der Waals surface area contributed by atoms with E-state index in [-0.39, 0.29) is 6.04 Å². The second kappa shape index (κ2) is 7.74. The molecule has 0 aliphatic carbocycles. The van der Waals surface area contributed by atoms with Gasteiger partial charge in [0.1, 0.15) is 6.61 Å². The molecule has 0 amide bonds. The summed E-state index contributed by atoms with van der Waals surface area (Å²) < 4.78 is 28.7. The average molecular weight is 263 g/mol. The van der Waals surface area contributed by atoms with Gasteiger partial charge in [-0.25, -0.2) is 8.78 Å².